The van der Waals surface area contributed by atoms with Gasteiger partial charge in [-0.2, -0.15) is 13.2 Å². The number of rotatable bonds is 7. The van der Waals surface area contributed by atoms with Crippen LogP contribution < -0.4 is 5.32 Å². The molecule has 2 aromatic carbocycles. The summed E-state index contributed by atoms with van der Waals surface area (Å²) < 4.78 is 43.5. The standard InChI is InChI=1S/C22H19F3N2O2/c23-22(24,25)20-11-10-18(13-26-20)21(28)27-12-17-8-4-5-9-19(17)15-29-14-16-6-2-1-3-7-16/h1-11,13H,12,14-15H2,(H,27,28). The van der Waals surface area contributed by atoms with Gasteiger partial charge in [-0.15, -0.1) is 0 Å². The summed E-state index contributed by atoms with van der Waals surface area (Å²) >= 11 is 0. The highest BCUT2D eigenvalue weighted by atomic mass is 19.4. The minimum absolute atomic E-state index is 0.0656. The number of nitrogens with zero attached hydrogens (tertiary/aromatic N) is 1. The molecule has 0 fully saturated rings. The van der Waals surface area contributed by atoms with Crippen LogP contribution in [0.3, 0.4) is 0 Å². The largest absolute Gasteiger partial charge is 0.433 e. The maximum atomic E-state index is 12.6. The molecule has 29 heavy (non-hydrogen) atoms. The maximum absolute atomic E-state index is 12.6. The Morgan fingerprint density at radius 2 is 1.59 bits per heavy atom. The zero-order valence-electron chi connectivity index (χ0n) is 15.4. The smallest absolute Gasteiger partial charge is 0.372 e. The molecule has 0 spiro atoms. The Balaban J connectivity index is 1.57. The van der Waals surface area contributed by atoms with Crippen molar-refractivity contribution in [2.24, 2.45) is 0 Å². The molecule has 3 rings (SSSR count). The van der Waals surface area contributed by atoms with E-state index in [1.54, 1.807) is 0 Å². The van der Waals surface area contributed by atoms with Crippen LogP contribution in [0.15, 0.2) is 72.9 Å². The molecule has 0 radical (unpaired) electrons. The van der Waals surface area contributed by atoms with E-state index in [0.717, 1.165) is 35.0 Å². The van der Waals surface area contributed by atoms with Crippen molar-refractivity contribution in [2.45, 2.75) is 25.9 Å². The number of aromatic nitrogens is 1. The Morgan fingerprint density at radius 1 is 0.897 bits per heavy atom. The Labute approximate surface area is 166 Å². The van der Waals surface area contributed by atoms with Gasteiger partial charge in [0.2, 0.25) is 0 Å². The van der Waals surface area contributed by atoms with Crippen molar-refractivity contribution >= 4 is 5.91 Å². The second kappa shape index (κ2) is 9.34. The van der Waals surface area contributed by atoms with Crippen molar-refractivity contribution in [3.8, 4) is 0 Å². The molecule has 1 aromatic heterocycles. The fourth-order valence-corrected chi connectivity index (χ4v) is 2.70. The number of alkyl halides is 3. The Bertz CT molecular complexity index is 942. The van der Waals surface area contributed by atoms with Gasteiger partial charge in [0.05, 0.1) is 18.8 Å². The quantitative estimate of drug-likeness (QED) is 0.623. The van der Waals surface area contributed by atoms with E-state index in [-0.39, 0.29) is 12.1 Å². The van der Waals surface area contributed by atoms with Gasteiger partial charge in [-0.25, -0.2) is 0 Å². The molecular weight excluding hydrogens is 381 g/mol. The molecule has 0 unspecified atom stereocenters. The van der Waals surface area contributed by atoms with Crippen LogP contribution in [0, 0.1) is 0 Å². The molecule has 0 bridgehead atoms. The number of carbonyl (C=O) groups is 1. The lowest BCUT2D eigenvalue weighted by atomic mass is 10.1. The minimum Gasteiger partial charge on any atom is -0.372 e. The molecule has 0 aliphatic carbocycles. The summed E-state index contributed by atoms with van der Waals surface area (Å²) in [4.78, 5) is 15.5. The first-order valence-electron chi connectivity index (χ1n) is 8.93. The van der Waals surface area contributed by atoms with Crippen molar-refractivity contribution in [2.75, 3.05) is 0 Å². The van der Waals surface area contributed by atoms with Crippen molar-refractivity contribution in [3.63, 3.8) is 0 Å². The number of benzene rings is 2. The van der Waals surface area contributed by atoms with Gasteiger partial charge < -0.3 is 10.1 Å². The number of nitrogens with one attached hydrogen (secondary N) is 1. The topological polar surface area (TPSA) is 51.2 Å². The zero-order chi connectivity index (χ0) is 20.7. The van der Waals surface area contributed by atoms with E-state index < -0.39 is 17.8 Å². The van der Waals surface area contributed by atoms with Gasteiger partial charge in [-0.05, 0) is 28.8 Å². The second-order valence-electron chi connectivity index (χ2n) is 6.36. The summed E-state index contributed by atoms with van der Waals surface area (Å²) in [5.74, 6) is -0.494. The molecule has 0 atom stereocenters. The average Bonchev–Trinajstić information content (AvgIpc) is 2.73. The molecule has 7 heteroatoms. The lowest BCUT2D eigenvalue weighted by Gasteiger charge is -2.12. The van der Waals surface area contributed by atoms with E-state index >= 15 is 0 Å². The number of hydrogen-bond donors (Lipinski definition) is 1. The Kier molecular flexibility index (Phi) is 6.61. The molecule has 0 saturated heterocycles. The van der Waals surface area contributed by atoms with Crippen LogP contribution in [-0.2, 0) is 30.7 Å². The molecule has 0 aliphatic heterocycles. The fourth-order valence-electron chi connectivity index (χ4n) is 2.70. The molecule has 4 nitrogen and oxygen atoms in total. The van der Waals surface area contributed by atoms with Crippen LogP contribution >= 0.6 is 0 Å². The summed E-state index contributed by atoms with van der Waals surface area (Å²) in [6, 6.07) is 19.2. The van der Waals surface area contributed by atoms with E-state index in [1.165, 1.54) is 0 Å². The van der Waals surface area contributed by atoms with Gasteiger partial charge in [0.15, 0.2) is 0 Å². The van der Waals surface area contributed by atoms with Gasteiger partial charge in [-0.1, -0.05) is 54.6 Å². The fraction of sp³-hybridized carbons (Fsp3) is 0.182. The summed E-state index contributed by atoms with van der Waals surface area (Å²) in [6.07, 6.45) is -3.61. The average molecular weight is 400 g/mol. The number of carbonyl (C=O) groups excluding carboxylic acids is 1. The number of amides is 1. The predicted molar refractivity (Wildman–Crippen MR) is 102 cm³/mol. The number of pyridine rings is 1. The third kappa shape index (κ3) is 5.89. The second-order valence-corrected chi connectivity index (χ2v) is 6.36. The molecule has 1 amide bonds. The monoisotopic (exact) mass is 400 g/mol. The molecular formula is C22H19F3N2O2. The van der Waals surface area contributed by atoms with E-state index in [1.807, 2.05) is 54.6 Å². The molecule has 1 heterocycles. The summed E-state index contributed by atoms with van der Waals surface area (Å²) in [6.45, 7) is 1.08. The van der Waals surface area contributed by atoms with Gasteiger partial charge >= 0.3 is 6.18 Å². The van der Waals surface area contributed by atoms with Gasteiger partial charge in [0, 0.05) is 12.7 Å². The summed E-state index contributed by atoms with van der Waals surface area (Å²) in [7, 11) is 0. The predicted octanol–water partition coefficient (Wildman–Crippen LogP) is 4.75. The highest BCUT2D eigenvalue weighted by Gasteiger charge is 2.32. The van der Waals surface area contributed by atoms with Gasteiger partial charge in [0.25, 0.3) is 5.91 Å². The van der Waals surface area contributed by atoms with Crippen LogP contribution in [0.25, 0.3) is 0 Å². The normalized spacial score (nSPS) is 11.3. The molecule has 1 N–H and O–H groups in total. The third-order valence-corrected chi connectivity index (χ3v) is 4.24. The first-order valence-corrected chi connectivity index (χ1v) is 8.93. The van der Waals surface area contributed by atoms with E-state index in [9.17, 15) is 18.0 Å². The first-order chi connectivity index (χ1) is 13.9. The lowest BCUT2D eigenvalue weighted by molar-refractivity contribution is -0.141. The molecule has 150 valence electrons. The summed E-state index contributed by atoms with van der Waals surface area (Å²) in [5, 5.41) is 2.71. The van der Waals surface area contributed by atoms with E-state index in [2.05, 4.69) is 10.3 Å². The van der Waals surface area contributed by atoms with Crippen molar-refractivity contribution in [1.29, 1.82) is 0 Å². The van der Waals surface area contributed by atoms with E-state index in [4.69, 9.17) is 4.74 Å². The maximum Gasteiger partial charge on any atom is 0.433 e. The van der Waals surface area contributed by atoms with Crippen LogP contribution in [0.5, 0.6) is 0 Å². The molecule has 3 aromatic rings. The minimum atomic E-state index is -4.53. The number of hydrogen-bond acceptors (Lipinski definition) is 3. The van der Waals surface area contributed by atoms with E-state index in [0.29, 0.717) is 13.2 Å². The Hall–Kier alpha value is -3.19. The lowest BCUT2D eigenvalue weighted by Crippen LogP contribution is -2.24. The molecule has 0 aliphatic rings. The number of ether oxygens (including phenoxy) is 1. The van der Waals surface area contributed by atoms with Crippen LogP contribution in [0.4, 0.5) is 13.2 Å². The Morgan fingerprint density at radius 3 is 2.24 bits per heavy atom. The van der Waals surface area contributed by atoms with Crippen molar-refractivity contribution in [1.82, 2.24) is 10.3 Å². The van der Waals surface area contributed by atoms with Crippen molar-refractivity contribution in [3.05, 3.63) is 101 Å². The SMILES string of the molecule is O=C(NCc1ccccc1COCc1ccccc1)c1ccc(C(F)(F)F)nc1. The highest BCUT2D eigenvalue weighted by Crippen LogP contribution is 2.27. The third-order valence-electron chi connectivity index (χ3n) is 4.24. The van der Waals surface area contributed by atoms with Crippen LogP contribution in [0.2, 0.25) is 0 Å². The van der Waals surface area contributed by atoms with Gasteiger partial charge in [-0.3, -0.25) is 9.78 Å². The van der Waals surface area contributed by atoms with Gasteiger partial charge in [0.1, 0.15) is 5.69 Å². The van der Waals surface area contributed by atoms with Crippen LogP contribution in [-0.4, -0.2) is 10.9 Å². The van der Waals surface area contributed by atoms with Crippen LogP contribution in [0.1, 0.15) is 32.7 Å². The number of halogens is 3. The summed E-state index contributed by atoms with van der Waals surface area (Å²) in [5.41, 5.74) is 1.89. The van der Waals surface area contributed by atoms with Crippen molar-refractivity contribution < 1.29 is 22.7 Å². The highest BCUT2D eigenvalue weighted by molar-refractivity contribution is 5.93. The molecule has 0 saturated carbocycles. The zero-order valence-corrected chi connectivity index (χ0v) is 15.4. The first kappa shape index (κ1) is 20.5.